The van der Waals surface area contributed by atoms with Crippen molar-refractivity contribution in [2.24, 2.45) is 17.6 Å². The number of aromatic nitrogens is 2. The summed E-state index contributed by atoms with van der Waals surface area (Å²) in [7, 11) is 0. The average molecular weight is 311 g/mol. The molecule has 1 saturated carbocycles. The molecule has 1 saturated heterocycles. The second-order valence-electron chi connectivity index (χ2n) is 6.71. The van der Waals surface area contributed by atoms with Gasteiger partial charge in [-0.25, -0.2) is 4.79 Å². The first-order valence-electron chi connectivity index (χ1n) is 7.96. The van der Waals surface area contributed by atoms with Gasteiger partial charge in [-0.2, -0.15) is 4.98 Å². The van der Waals surface area contributed by atoms with Gasteiger partial charge in [0.25, 0.3) is 0 Å². The summed E-state index contributed by atoms with van der Waals surface area (Å²) in [4.78, 5) is 18.2. The number of nitrogens with zero attached hydrogens (tertiary/aromatic N) is 3. The number of rotatable bonds is 3. The normalized spacial score (nSPS) is 26.3. The van der Waals surface area contributed by atoms with Crippen molar-refractivity contribution in [2.45, 2.75) is 19.5 Å². The summed E-state index contributed by atoms with van der Waals surface area (Å²) in [5.41, 5.74) is 14.5. The van der Waals surface area contributed by atoms with Crippen LogP contribution in [0.4, 0.5) is 5.82 Å². The van der Waals surface area contributed by atoms with Gasteiger partial charge in [-0.05, 0) is 48.1 Å². The lowest BCUT2D eigenvalue weighted by atomic mass is 10.1. The van der Waals surface area contributed by atoms with Crippen LogP contribution < -0.4 is 17.2 Å². The second kappa shape index (κ2) is 5.18. The monoisotopic (exact) mass is 311 g/mol. The van der Waals surface area contributed by atoms with Gasteiger partial charge in [0, 0.05) is 31.9 Å². The van der Waals surface area contributed by atoms with Crippen molar-refractivity contribution >= 4 is 5.82 Å². The van der Waals surface area contributed by atoms with E-state index in [0.29, 0.717) is 17.9 Å². The summed E-state index contributed by atoms with van der Waals surface area (Å²) in [6.45, 7) is 5.24. The first-order chi connectivity index (χ1) is 11.0. The molecule has 6 nitrogen and oxygen atoms in total. The van der Waals surface area contributed by atoms with Crippen LogP contribution in [0.15, 0.2) is 35.3 Å². The van der Waals surface area contributed by atoms with E-state index in [9.17, 15) is 4.79 Å². The number of piperidine rings is 1. The summed E-state index contributed by atoms with van der Waals surface area (Å²) in [5, 5.41) is 0. The quantitative estimate of drug-likeness (QED) is 0.862. The number of hydrogen-bond acceptors (Lipinski definition) is 5. The fraction of sp³-hybridized carbons (Fsp3) is 0.412. The number of anilines is 1. The Kier molecular flexibility index (Phi) is 3.25. The molecule has 2 atom stereocenters. The zero-order valence-corrected chi connectivity index (χ0v) is 13.1. The third kappa shape index (κ3) is 2.54. The van der Waals surface area contributed by atoms with Crippen LogP contribution in [-0.4, -0.2) is 33.6 Å². The van der Waals surface area contributed by atoms with Crippen LogP contribution >= 0.6 is 0 Å². The van der Waals surface area contributed by atoms with E-state index in [2.05, 4.69) is 22.9 Å². The Balaban J connectivity index is 1.54. The van der Waals surface area contributed by atoms with E-state index in [0.717, 1.165) is 25.3 Å². The molecule has 1 aromatic carbocycles. The molecule has 1 aromatic heterocycles. The van der Waals surface area contributed by atoms with Crippen LogP contribution in [0.25, 0.3) is 5.69 Å². The van der Waals surface area contributed by atoms with Gasteiger partial charge >= 0.3 is 5.69 Å². The first kappa shape index (κ1) is 14.4. The Labute approximate surface area is 134 Å². The van der Waals surface area contributed by atoms with Gasteiger partial charge in [0.1, 0.15) is 5.82 Å². The Morgan fingerprint density at radius 2 is 2.00 bits per heavy atom. The number of fused-ring (bicyclic) bond motifs is 1. The number of aryl methyl sites for hydroxylation is 1. The van der Waals surface area contributed by atoms with E-state index in [1.807, 2.05) is 12.1 Å². The molecule has 0 bridgehead atoms. The van der Waals surface area contributed by atoms with Crippen LogP contribution in [-0.2, 0) is 6.54 Å². The maximum absolute atomic E-state index is 11.9. The first-order valence-corrected chi connectivity index (χ1v) is 7.96. The van der Waals surface area contributed by atoms with Gasteiger partial charge in [0.2, 0.25) is 0 Å². The Hall–Kier alpha value is -2.18. The number of nitrogens with two attached hydrogens (primary N) is 2. The van der Waals surface area contributed by atoms with E-state index in [4.69, 9.17) is 11.5 Å². The molecular weight excluding hydrogens is 290 g/mol. The van der Waals surface area contributed by atoms with Crippen LogP contribution in [0, 0.1) is 18.8 Å². The molecule has 1 aliphatic heterocycles. The van der Waals surface area contributed by atoms with Crippen molar-refractivity contribution in [2.75, 3.05) is 18.8 Å². The molecule has 2 fully saturated rings. The molecule has 2 aliphatic rings. The van der Waals surface area contributed by atoms with Gasteiger partial charge in [0.15, 0.2) is 0 Å². The number of hydrogen-bond donors (Lipinski definition) is 2. The summed E-state index contributed by atoms with van der Waals surface area (Å²) in [5.74, 6) is 1.65. The minimum Gasteiger partial charge on any atom is -0.383 e. The maximum atomic E-state index is 11.9. The van der Waals surface area contributed by atoms with Gasteiger partial charge < -0.3 is 11.5 Å². The summed E-state index contributed by atoms with van der Waals surface area (Å²) in [6, 6.07) is 8.14. The fourth-order valence-corrected chi connectivity index (χ4v) is 3.65. The molecule has 23 heavy (non-hydrogen) atoms. The molecule has 120 valence electrons. The van der Waals surface area contributed by atoms with Crippen molar-refractivity contribution in [1.29, 1.82) is 0 Å². The molecule has 0 radical (unpaired) electrons. The van der Waals surface area contributed by atoms with Gasteiger partial charge in [-0.1, -0.05) is 6.07 Å². The topological polar surface area (TPSA) is 90.2 Å². The molecule has 4 N–H and O–H groups in total. The van der Waals surface area contributed by atoms with Crippen LogP contribution in [0.5, 0.6) is 0 Å². The molecule has 2 aromatic rings. The SMILES string of the molecule is Cc1cc(-n2ccc(N)nc2=O)ccc1CN1CC2C(N)C2C1. The highest BCUT2D eigenvalue weighted by molar-refractivity contribution is 5.41. The molecule has 0 spiro atoms. The average Bonchev–Trinajstić information content (AvgIpc) is 2.94. The number of likely N-dealkylation sites (tertiary alicyclic amines) is 1. The fourth-order valence-electron chi connectivity index (χ4n) is 3.65. The zero-order valence-electron chi connectivity index (χ0n) is 13.1. The maximum Gasteiger partial charge on any atom is 0.354 e. The predicted molar refractivity (Wildman–Crippen MR) is 89.2 cm³/mol. The molecule has 6 heteroatoms. The van der Waals surface area contributed by atoms with E-state index < -0.39 is 0 Å². The molecule has 0 amide bonds. The Morgan fingerprint density at radius 3 is 2.65 bits per heavy atom. The van der Waals surface area contributed by atoms with Gasteiger partial charge in [0.05, 0.1) is 5.69 Å². The van der Waals surface area contributed by atoms with E-state index >= 15 is 0 Å². The minimum atomic E-state index is -0.356. The minimum absolute atomic E-state index is 0.241. The summed E-state index contributed by atoms with van der Waals surface area (Å²) >= 11 is 0. The van der Waals surface area contributed by atoms with Gasteiger partial charge in [-0.3, -0.25) is 9.47 Å². The van der Waals surface area contributed by atoms with E-state index in [-0.39, 0.29) is 11.5 Å². The lowest BCUT2D eigenvalue weighted by molar-refractivity contribution is 0.289. The third-order valence-electron chi connectivity index (χ3n) is 5.16. The second-order valence-corrected chi connectivity index (χ2v) is 6.71. The highest BCUT2D eigenvalue weighted by atomic mass is 16.1. The lowest BCUT2D eigenvalue weighted by Gasteiger charge is -2.20. The van der Waals surface area contributed by atoms with Crippen LogP contribution in [0.3, 0.4) is 0 Å². The highest BCUT2D eigenvalue weighted by Crippen LogP contribution is 2.44. The molecular formula is C17H21N5O. The van der Waals surface area contributed by atoms with Crippen molar-refractivity contribution < 1.29 is 0 Å². The summed E-state index contributed by atoms with van der Waals surface area (Å²) < 4.78 is 1.51. The van der Waals surface area contributed by atoms with E-state index in [1.165, 1.54) is 15.7 Å². The zero-order chi connectivity index (χ0) is 16.1. The predicted octanol–water partition coefficient (Wildman–Crippen LogP) is 0.512. The molecule has 2 unspecified atom stereocenters. The van der Waals surface area contributed by atoms with Crippen molar-refractivity contribution in [3.63, 3.8) is 0 Å². The van der Waals surface area contributed by atoms with Crippen LogP contribution in [0.2, 0.25) is 0 Å². The number of nitrogen functional groups attached to an aromatic ring is 1. The molecule has 2 heterocycles. The Morgan fingerprint density at radius 1 is 1.26 bits per heavy atom. The van der Waals surface area contributed by atoms with E-state index in [1.54, 1.807) is 12.3 Å². The van der Waals surface area contributed by atoms with Crippen molar-refractivity contribution in [3.8, 4) is 5.69 Å². The largest absolute Gasteiger partial charge is 0.383 e. The summed E-state index contributed by atoms with van der Waals surface area (Å²) in [6.07, 6.45) is 1.66. The molecule has 4 rings (SSSR count). The highest BCUT2D eigenvalue weighted by Gasteiger charge is 2.53. The van der Waals surface area contributed by atoms with Gasteiger partial charge in [-0.15, -0.1) is 0 Å². The third-order valence-corrected chi connectivity index (χ3v) is 5.16. The molecule has 1 aliphatic carbocycles. The van der Waals surface area contributed by atoms with Crippen LogP contribution in [0.1, 0.15) is 11.1 Å². The number of benzene rings is 1. The van der Waals surface area contributed by atoms with Crippen molar-refractivity contribution in [1.82, 2.24) is 14.5 Å². The Bertz CT molecular complexity index is 803. The lowest BCUT2D eigenvalue weighted by Crippen LogP contribution is -2.28. The van der Waals surface area contributed by atoms with Crippen molar-refractivity contribution in [3.05, 3.63) is 52.1 Å². The standard InChI is InChI=1S/C17H21N5O/c1-10-6-12(22-5-4-15(18)20-17(22)23)3-2-11(10)7-21-8-13-14(9-21)16(13)19/h2-6,13-14,16H,7-9,19H2,1H3,(H2,18,20,23). The smallest absolute Gasteiger partial charge is 0.354 e.